The summed E-state index contributed by atoms with van der Waals surface area (Å²) in [6, 6.07) is 20.8. The fourth-order valence-corrected chi connectivity index (χ4v) is 4.58. The molecule has 3 aromatic carbocycles. The summed E-state index contributed by atoms with van der Waals surface area (Å²) in [5.74, 6) is -1.29. The van der Waals surface area contributed by atoms with Crippen LogP contribution in [0.3, 0.4) is 0 Å². The molecule has 7 nitrogen and oxygen atoms in total. The number of anilines is 1. The van der Waals surface area contributed by atoms with E-state index in [1.807, 2.05) is 36.4 Å². The van der Waals surface area contributed by atoms with Gasteiger partial charge in [-0.25, -0.2) is 0 Å². The number of nitrogens with zero attached hydrogens (tertiary/aromatic N) is 2. The number of hydrogen-bond donors (Lipinski definition) is 1. The second kappa shape index (κ2) is 8.95. The third-order valence-electron chi connectivity index (χ3n) is 6.16. The number of pyridine rings is 1. The Kier molecular flexibility index (Phi) is 5.66. The fourth-order valence-electron chi connectivity index (χ4n) is 4.58. The zero-order valence-electron chi connectivity index (χ0n) is 19.1. The summed E-state index contributed by atoms with van der Waals surface area (Å²) in [7, 11) is 2.92. The monoisotopic (exact) mass is 466 g/mol. The molecule has 174 valence electrons. The van der Waals surface area contributed by atoms with E-state index in [1.165, 1.54) is 19.1 Å². The predicted octanol–water partition coefficient (Wildman–Crippen LogP) is 4.88. The highest BCUT2D eigenvalue weighted by atomic mass is 16.5. The number of rotatable bonds is 5. The molecule has 1 unspecified atom stereocenters. The molecule has 0 spiro atoms. The maximum atomic E-state index is 13.5. The van der Waals surface area contributed by atoms with Crippen molar-refractivity contribution in [3.8, 4) is 11.5 Å². The molecule has 35 heavy (non-hydrogen) atoms. The van der Waals surface area contributed by atoms with E-state index in [0.29, 0.717) is 22.7 Å². The van der Waals surface area contributed by atoms with Crippen LogP contribution in [0.4, 0.5) is 5.69 Å². The number of aliphatic hydroxyl groups is 1. The van der Waals surface area contributed by atoms with E-state index in [2.05, 4.69) is 4.98 Å². The van der Waals surface area contributed by atoms with Gasteiger partial charge in [-0.05, 0) is 41.3 Å². The maximum Gasteiger partial charge on any atom is 0.300 e. The zero-order chi connectivity index (χ0) is 24.5. The summed E-state index contributed by atoms with van der Waals surface area (Å²) in [6.45, 7) is 0. The number of ketones is 1. The average molecular weight is 466 g/mol. The van der Waals surface area contributed by atoms with Crippen LogP contribution in [0.2, 0.25) is 0 Å². The van der Waals surface area contributed by atoms with Crippen molar-refractivity contribution in [3.63, 3.8) is 0 Å². The molecule has 1 N–H and O–H groups in total. The van der Waals surface area contributed by atoms with Gasteiger partial charge in [0.25, 0.3) is 11.7 Å². The van der Waals surface area contributed by atoms with Crippen molar-refractivity contribution >= 4 is 33.9 Å². The van der Waals surface area contributed by atoms with Crippen LogP contribution in [-0.4, -0.2) is 36.0 Å². The first-order chi connectivity index (χ1) is 17.1. The van der Waals surface area contributed by atoms with Gasteiger partial charge in [-0.15, -0.1) is 0 Å². The van der Waals surface area contributed by atoms with Crippen LogP contribution in [0.1, 0.15) is 17.2 Å². The number of Topliss-reactive ketones (excluding diaryl/α,β-unsaturated/α-hetero) is 1. The lowest BCUT2D eigenvalue weighted by molar-refractivity contribution is -0.132. The molecule has 4 aromatic rings. The van der Waals surface area contributed by atoms with Crippen molar-refractivity contribution in [1.82, 2.24) is 4.98 Å². The number of aromatic nitrogens is 1. The summed E-state index contributed by atoms with van der Waals surface area (Å²) < 4.78 is 10.9. The fraction of sp³-hybridized carbons (Fsp3) is 0.107. The predicted molar refractivity (Wildman–Crippen MR) is 133 cm³/mol. The summed E-state index contributed by atoms with van der Waals surface area (Å²) in [6.07, 6.45) is 3.17. The Morgan fingerprint density at radius 1 is 0.857 bits per heavy atom. The quantitative estimate of drug-likeness (QED) is 0.256. The largest absolute Gasteiger partial charge is 0.506 e. The molecule has 1 amide bonds. The molecule has 1 aliphatic heterocycles. The van der Waals surface area contributed by atoms with Crippen LogP contribution in [0.5, 0.6) is 11.5 Å². The van der Waals surface area contributed by atoms with Crippen LogP contribution in [0, 0.1) is 0 Å². The molecule has 1 aliphatic rings. The van der Waals surface area contributed by atoms with Crippen LogP contribution in [0.15, 0.2) is 90.8 Å². The molecule has 1 aromatic heterocycles. The standard InChI is InChI=1S/C28H22N2O5/c1-34-21-11-6-12-22(35-2)23(21)26(31)24-25(18-13-15-29-16-14-18)30(28(33)27(24)32)20-10-5-8-17-7-3-4-9-19(17)20/h3-16,25,31H,1-2H3/b26-24+. The Labute approximate surface area is 201 Å². The first-order valence-corrected chi connectivity index (χ1v) is 11.0. The average Bonchev–Trinajstić information content (AvgIpc) is 3.17. The van der Waals surface area contributed by atoms with Gasteiger partial charge in [-0.1, -0.05) is 42.5 Å². The van der Waals surface area contributed by atoms with Crippen LogP contribution in [-0.2, 0) is 9.59 Å². The second-order valence-electron chi connectivity index (χ2n) is 7.99. The van der Waals surface area contributed by atoms with Gasteiger partial charge in [0.05, 0.1) is 31.5 Å². The number of hydrogen-bond acceptors (Lipinski definition) is 6. The molecular weight excluding hydrogens is 444 g/mol. The van der Waals surface area contributed by atoms with Gasteiger partial charge in [0, 0.05) is 17.8 Å². The van der Waals surface area contributed by atoms with E-state index < -0.39 is 17.7 Å². The van der Waals surface area contributed by atoms with E-state index in [0.717, 1.165) is 10.8 Å². The molecule has 5 rings (SSSR count). The Balaban J connectivity index is 1.82. The van der Waals surface area contributed by atoms with E-state index in [9.17, 15) is 14.7 Å². The number of aliphatic hydroxyl groups excluding tert-OH is 1. The number of carbonyl (C=O) groups excluding carboxylic acids is 2. The van der Waals surface area contributed by atoms with Crippen molar-refractivity contribution in [2.75, 3.05) is 19.1 Å². The first-order valence-electron chi connectivity index (χ1n) is 11.0. The Morgan fingerprint density at radius 2 is 1.49 bits per heavy atom. The zero-order valence-corrected chi connectivity index (χ0v) is 19.1. The summed E-state index contributed by atoms with van der Waals surface area (Å²) in [4.78, 5) is 32.6. The van der Waals surface area contributed by atoms with Crippen molar-refractivity contribution in [1.29, 1.82) is 0 Å². The van der Waals surface area contributed by atoms with Gasteiger partial charge in [0.15, 0.2) is 0 Å². The molecule has 7 heteroatoms. The highest BCUT2D eigenvalue weighted by Crippen LogP contribution is 2.46. The van der Waals surface area contributed by atoms with E-state index in [1.54, 1.807) is 48.8 Å². The SMILES string of the molecule is COc1cccc(OC)c1/C(O)=C1\C(=O)C(=O)N(c2cccc3ccccc23)C1c1ccncc1. The second-order valence-corrected chi connectivity index (χ2v) is 7.99. The van der Waals surface area contributed by atoms with Crippen LogP contribution in [0.25, 0.3) is 16.5 Å². The molecule has 1 fully saturated rings. The highest BCUT2D eigenvalue weighted by molar-refractivity contribution is 6.52. The lowest BCUT2D eigenvalue weighted by atomic mass is 9.94. The minimum atomic E-state index is -0.890. The van der Waals surface area contributed by atoms with Gasteiger partial charge in [0.2, 0.25) is 0 Å². The Morgan fingerprint density at radius 3 is 2.17 bits per heavy atom. The number of benzene rings is 3. The smallest absolute Gasteiger partial charge is 0.300 e. The van der Waals surface area contributed by atoms with Crippen molar-refractivity contribution in [2.24, 2.45) is 0 Å². The highest BCUT2D eigenvalue weighted by Gasteiger charge is 2.47. The summed E-state index contributed by atoms with van der Waals surface area (Å²) >= 11 is 0. The third kappa shape index (κ3) is 3.58. The Bertz CT molecular complexity index is 1450. The first kappa shape index (κ1) is 22.2. The van der Waals surface area contributed by atoms with Crippen molar-refractivity contribution < 1.29 is 24.2 Å². The molecule has 1 atom stereocenters. The normalized spacial score (nSPS) is 17.1. The summed E-state index contributed by atoms with van der Waals surface area (Å²) in [5.41, 5.74) is 1.34. The van der Waals surface area contributed by atoms with Crippen LogP contribution >= 0.6 is 0 Å². The van der Waals surface area contributed by atoms with E-state index in [-0.39, 0.29) is 16.9 Å². The molecule has 0 saturated carbocycles. The van der Waals surface area contributed by atoms with Gasteiger partial charge in [-0.2, -0.15) is 0 Å². The number of methoxy groups -OCH3 is 2. The molecule has 1 saturated heterocycles. The van der Waals surface area contributed by atoms with Gasteiger partial charge in [0.1, 0.15) is 22.8 Å². The van der Waals surface area contributed by atoms with E-state index >= 15 is 0 Å². The number of carbonyl (C=O) groups is 2. The lowest BCUT2D eigenvalue weighted by Gasteiger charge is -2.26. The van der Waals surface area contributed by atoms with Crippen molar-refractivity contribution in [2.45, 2.75) is 6.04 Å². The summed E-state index contributed by atoms with van der Waals surface area (Å²) in [5, 5.41) is 13.3. The molecule has 0 bridgehead atoms. The molecule has 0 radical (unpaired) electrons. The van der Waals surface area contributed by atoms with E-state index in [4.69, 9.17) is 9.47 Å². The number of amides is 1. The molecule has 2 heterocycles. The van der Waals surface area contributed by atoms with Gasteiger partial charge < -0.3 is 14.6 Å². The topological polar surface area (TPSA) is 89.0 Å². The van der Waals surface area contributed by atoms with Crippen LogP contribution < -0.4 is 14.4 Å². The minimum Gasteiger partial charge on any atom is -0.506 e. The molecular formula is C28H22N2O5. The van der Waals surface area contributed by atoms with Gasteiger partial charge in [-0.3, -0.25) is 19.5 Å². The molecule has 0 aliphatic carbocycles. The maximum absolute atomic E-state index is 13.5. The number of fused-ring (bicyclic) bond motifs is 1. The number of ether oxygens (including phenoxy) is 2. The van der Waals surface area contributed by atoms with Crippen molar-refractivity contribution in [3.05, 3.63) is 102 Å². The van der Waals surface area contributed by atoms with Gasteiger partial charge >= 0.3 is 0 Å². The Hall–Kier alpha value is -4.65. The third-order valence-corrected chi connectivity index (χ3v) is 6.16. The minimum absolute atomic E-state index is 0.0584. The lowest BCUT2D eigenvalue weighted by Crippen LogP contribution is -2.29.